The van der Waals surface area contributed by atoms with Gasteiger partial charge in [-0.15, -0.1) is 0 Å². The van der Waals surface area contributed by atoms with Gasteiger partial charge in [-0.05, 0) is 43.6 Å². The van der Waals surface area contributed by atoms with E-state index in [2.05, 4.69) is 10.2 Å². The molecule has 0 bridgehead atoms. The van der Waals surface area contributed by atoms with Crippen molar-refractivity contribution < 1.29 is 14.6 Å². The maximum Gasteiger partial charge on any atom is 0.306 e. The lowest BCUT2D eigenvalue weighted by molar-refractivity contribution is -0.143. The Morgan fingerprint density at radius 3 is 2.72 bits per heavy atom. The van der Waals surface area contributed by atoms with Crippen LogP contribution in [-0.2, 0) is 9.53 Å². The van der Waals surface area contributed by atoms with E-state index in [1.165, 1.54) is 0 Å². The Kier molecular flexibility index (Phi) is 6.58. The minimum atomic E-state index is -0.678. The molecule has 2 atom stereocenters. The van der Waals surface area contributed by atoms with E-state index in [1.807, 2.05) is 18.2 Å². The summed E-state index contributed by atoms with van der Waals surface area (Å²) in [5.74, 6) is -0.698. The molecule has 138 valence electrons. The van der Waals surface area contributed by atoms with Gasteiger partial charge in [0.2, 0.25) is 0 Å². The van der Waals surface area contributed by atoms with Gasteiger partial charge in [-0.3, -0.25) is 4.79 Å². The summed E-state index contributed by atoms with van der Waals surface area (Å²) in [5, 5.41) is 13.7. The molecule has 0 radical (unpaired) electrons. The highest BCUT2D eigenvalue weighted by Crippen LogP contribution is 2.30. The van der Waals surface area contributed by atoms with Gasteiger partial charge in [-0.2, -0.15) is 0 Å². The van der Waals surface area contributed by atoms with Gasteiger partial charge < -0.3 is 20.1 Å². The smallest absolute Gasteiger partial charge is 0.306 e. The van der Waals surface area contributed by atoms with E-state index in [0.29, 0.717) is 29.5 Å². The standard InChI is InChI=1S/C18H24Cl2N2O3/c19-15-2-1-13(9-16(15)20)14-10-21-5-8-25-17(14)11-22-6-3-12(4-7-22)18(23)24/h1-2,9,12,14,17,21H,3-8,10-11H2,(H,23,24). The summed E-state index contributed by atoms with van der Waals surface area (Å²) in [6.07, 6.45) is 1.46. The molecular formula is C18H24Cl2N2O3. The third kappa shape index (κ3) is 4.86. The maximum absolute atomic E-state index is 11.1. The number of nitrogens with zero attached hydrogens (tertiary/aromatic N) is 1. The molecule has 5 nitrogen and oxygen atoms in total. The predicted molar refractivity (Wildman–Crippen MR) is 98.6 cm³/mol. The van der Waals surface area contributed by atoms with Crippen molar-refractivity contribution in [3.63, 3.8) is 0 Å². The first-order valence-corrected chi connectivity index (χ1v) is 9.52. The summed E-state index contributed by atoms with van der Waals surface area (Å²) in [7, 11) is 0. The quantitative estimate of drug-likeness (QED) is 0.832. The fourth-order valence-corrected chi connectivity index (χ4v) is 3.97. The number of halogens is 2. The summed E-state index contributed by atoms with van der Waals surface area (Å²) in [6, 6.07) is 5.77. The Hall–Kier alpha value is -0.850. The number of benzene rings is 1. The molecule has 0 spiro atoms. The van der Waals surface area contributed by atoms with Gasteiger partial charge in [0.1, 0.15) is 0 Å². The Bertz CT molecular complexity index is 606. The van der Waals surface area contributed by atoms with E-state index in [4.69, 9.17) is 33.0 Å². The van der Waals surface area contributed by atoms with Crippen LogP contribution in [0.15, 0.2) is 18.2 Å². The fourth-order valence-electron chi connectivity index (χ4n) is 3.66. The van der Waals surface area contributed by atoms with Crippen molar-refractivity contribution in [2.24, 2.45) is 5.92 Å². The molecule has 1 aromatic carbocycles. The maximum atomic E-state index is 11.1. The molecule has 2 aliphatic rings. The molecule has 2 unspecified atom stereocenters. The van der Waals surface area contributed by atoms with Gasteiger partial charge in [0.15, 0.2) is 0 Å². The molecule has 2 aliphatic heterocycles. The first kappa shape index (κ1) is 18.9. The van der Waals surface area contributed by atoms with Crippen LogP contribution >= 0.6 is 23.2 Å². The van der Waals surface area contributed by atoms with E-state index in [9.17, 15) is 4.79 Å². The van der Waals surface area contributed by atoms with Crippen molar-refractivity contribution in [2.45, 2.75) is 24.9 Å². The summed E-state index contributed by atoms with van der Waals surface area (Å²) >= 11 is 12.2. The summed E-state index contributed by atoms with van der Waals surface area (Å²) < 4.78 is 6.12. The van der Waals surface area contributed by atoms with Gasteiger partial charge >= 0.3 is 5.97 Å². The zero-order chi connectivity index (χ0) is 17.8. The van der Waals surface area contributed by atoms with Crippen LogP contribution in [-0.4, -0.2) is 61.4 Å². The minimum Gasteiger partial charge on any atom is -0.481 e. The highest BCUT2D eigenvalue weighted by molar-refractivity contribution is 6.42. The van der Waals surface area contributed by atoms with E-state index < -0.39 is 5.97 Å². The van der Waals surface area contributed by atoms with E-state index in [0.717, 1.165) is 38.3 Å². The lowest BCUT2D eigenvalue weighted by Gasteiger charge is -2.35. The second-order valence-corrected chi connectivity index (χ2v) is 7.62. The van der Waals surface area contributed by atoms with E-state index in [-0.39, 0.29) is 17.9 Å². The normalized spacial score (nSPS) is 26.3. The highest BCUT2D eigenvalue weighted by atomic mass is 35.5. The molecule has 2 fully saturated rings. The number of carboxylic acid groups (broad SMARTS) is 1. The third-order valence-corrected chi connectivity index (χ3v) is 5.91. The summed E-state index contributed by atoms with van der Waals surface area (Å²) in [5.41, 5.74) is 1.12. The van der Waals surface area contributed by atoms with Crippen LogP contribution in [0.4, 0.5) is 0 Å². The number of ether oxygens (including phenoxy) is 1. The summed E-state index contributed by atoms with van der Waals surface area (Å²) in [4.78, 5) is 13.4. The number of piperidine rings is 1. The van der Waals surface area contributed by atoms with E-state index >= 15 is 0 Å². The van der Waals surface area contributed by atoms with Crippen LogP contribution < -0.4 is 5.32 Å². The lowest BCUT2D eigenvalue weighted by atomic mass is 9.91. The number of hydrogen-bond donors (Lipinski definition) is 2. The molecular weight excluding hydrogens is 363 g/mol. The average molecular weight is 387 g/mol. The van der Waals surface area contributed by atoms with E-state index in [1.54, 1.807) is 0 Å². The van der Waals surface area contributed by atoms with Crippen molar-refractivity contribution in [1.29, 1.82) is 0 Å². The van der Waals surface area contributed by atoms with Gasteiger partial charge in [0.05, 0.1) is 28.7 Å². The van der Waals surface area contributed by atoms with Crippen molar-refractivity contribution in [1.82, 2.24) is 10.2 Å². The number of carbonyl (C=O) groups is 1. The lowest BCUT2D eigenvalue weighted by Crippen LogP contribution is -2.43. The van der Waals surface area contributed by atoms with Crippen molar-refractivity contribution in [3.8, 4) is 0 Å². The van der Waals surface area contributed by atoms with Gasteiger partial charge in [0.25, 0.3) is 0 Å². The molecule has 0 aromatic heterocycles. The first-order valence-electron chi connectivity index (χ1n) is 8.77. The monoisotopic (exact) mass is 386 g/mol. The van der Waals surface area contributed by atoms with Crippen LogP contribution in [0, 0.1) is 5.92 Å². The number of nitrogens with one attached hydrogen (secondary N) is 1. The van der Waals surface area contributed by atoms with Crippen LogP contribution in [0.25, 0.3) is 0 Å². The van der Waals surface area contributed by atoms with Crippen LogP contribution in [0.3, 0.4) is 0 Å². The second kappa shape index (κ2) is 8.69. The molecule has 0 amide bonds. The fraction of sp³-hybridized carbons (Fsp3) is 0.611. The Balaban J connectivity index is 1.68. The van der Waals surface area contributed by atoms with Crippen LogP contribution in [0.1, 0.15) is 24.3 Å². The minimum absolute atomic E-state index is 0.0496. The molecule has 25 heavy (non-hydrogen) atoms. The van der Waals surface area contributed by atoms with Gasteiger partial charge in [-0.25, -0.2) is 0 Å². The largest absolute Gasteiger partial charge is 0.481 e. The molecule has 2 N–H and O–H groups in total. The Labute approximate surface area is 158 Å². The number of aliphatic carboxylic acids is 1. The van der Waals surface area contributed by atoms with Crippen molar-refractivity contribution in [2.75, 3.05) is 39.3 Å². The molecule has 0 aliphatic carbocycles. The average Bonchev–Trinajstić information content (AvgIpc) is 2.83. The molecule has 7 heteroatoms. The number of hydrogen-bond acceptors (Lipinski definition) is 4. The Morgan fingerprint density at radius 1 is 1.28 bits per heavy atom. The first-order chi connectivity index (χ1) is 12.0. The summed E-state index contributed by atoms with van der Waals surface area (Å²) in [6.45, 7) is 4.74. The van der Waals surface area contributed by atoms with Gasteiger partial charge in [-0.1, -0.05) is 29.3 Å². The Morgan fingerprint density at radius 2 is 2.04 bits per heavy atom. The third-order valence-electron chi connectivity index (χ3n) is 5.17. The number of likely N-dealkylation sites (tertiary alicyclic amines) is 1. The SMILES string of the molecule is O=C(O)C1CCN(CC2OCCNCC2c2ccc(Cl)c(Cl)c2)CC1. The van der Waals surface area contributed by atoms with Crippen LogP contribution in [0.5, 0.6) is 0 Å². The van der Waals surface area contributed by atoms with Crippen molar-refractivity contribution >= 4 is 29.2 Å². The second-order valence-electron chi connectivity index (χ2n) is 6.81. The number of carboxylic acids is 1. The van der Waals surface area contributed by atoms with Crippen LogP contribution in [0.2, 0.25) is 10.0 Å². The highest BCUT2D eigenvalue weighted by Gasteiger charge is 2.31. The molecule has 0 saturated carbocycles. The molecule has 2 heterocycles. The topological polar surface area (TPSA) is 61.8 Å². The molecule has 2 saturated heterocycles. The van der Waals surface area contributed by atoms with Gasteiger partial charge in [0, 0.05) is 25.6 Å². The zero-order valence-electron chi connectivity index (χ0n) is 14.1. The zero-order valence-corrected chi connectivity index (χ0v) is 15.6. The number of rotatable bonds is 4. The molecule has 1 aromatic rings. The molecule has 3 rings (SSSR count). The predicted octanol–water partition coefficient (Wildman–Crippen LogP) is 2.86. The van der Waals surface area contributed by atoms with Crippen molar-refractivity contribution in [3.05, 3.63) is 33.8 Å².